The molecule has 0 fully saturated rings. The molecule has 0 saturated carbocycles. The Labute approximate surface area is 276 Å². The van der Waals surface area contributed by atoms with Crippen LogP contribution >= 0.6 is 0 Å². The molecule has 0 amide bonds. The normalized spacial score (nSPS) is 11.8. The molecule has 10 rings (SSSR count). The second kappa shape index (κ2) is 10.5. The highest BCUT2D eigenvalue weighted by Gasteiger charge is 2.24. The van der Waals surface area contributed by atoms with E-state index in [2.05, 4.69) is 167 Å². The minimum atomic E-state index is 0.896. The lowest BCUT2D eigenvalue weighted by Crippen LogP contribution is -1.97. The first-order valence-corrected chi connectivity index (χ1v) is 16.3. The lowest BCUT2D eigenvalue weighted by Gasteiger charge is -2.13. The van der Waals surface area contributed by atoms with Gasteiger partial charge in [-0.2, -0.15) is 0 Å². The molecule has 0 atom stereocenters. The Morgan fingerprint density at radius 2 is 1.06 bits per heavy atom. The highest BCUT2D eigenvalue weighted by Crippen LogP contribution is 2.45. The molecule has 48 heavy (non-hydrogen) atoms. The van der Waals surface area contributed by atoms with E-state index in [9.17, 15) is 0 Å². The van der Waals surface area contributed by atoms with Crippen molar-refractivity contribution in [3.8, 4) is 39.6 Å². The highest BCUT2D eigenvalue weighted by molar-refractivity contribution is 6.31. The van der Waals surface area contributed by atoms with E-state index in [1.807, 2.05) is 12.3 Å². The number of nitrogens with zero attached hydrogens (tertiary/aromatic N) is 4. The molecule has 0 aliphatic rings. The van der Waals surface area contributed by atoms with Gasteiger partial charge < -0.3 is 0 Å². The summed E-state index contributed by atoms with van der Waals surface area (Å²) >= 11 is 0. The molecule has 4 heterocycles. The van der Waals surface area contributed by atoms with Crippen LogP contribution in [0.1, 0.15) is 0 Å². The molecule has 4 nitrogen and oxygen atoms in total. The summed E-state index contributed by atoms with van der Waals surface area (Å²) in [5.41, 5.74) is 10.0. The lowest BCUT2D eigenvalue weighted by atomic mass is 9.97. The number of fused-ring (bicyclic) bond motifs is 10. The third-order valence-corrected chi connectivity index (χ3v) is 9.54. The van der Waals surface area contributed by atoms with Gasteiger partial charge in [-0.3, -0.25) is 8.97 Å². The lowest BCUT2D eigenvalue weighted by molar-refractivity contribution is 1.08. The van der Waals surface area contributed by atoms with Crippen molar-refractivity contribution < 1.29 is 0 Å². The average molecular weight is 613 g/mol. The number of para-hydroxylation sites is 1. The number of pyridine rings is 2. The summed E-state index contributed by atoms with van der Waals surface area (Å²) in [4.78, 5) is 10.3. The first-order chi connectivity index (χ1) is 23.8. The summed E-state index contributed by atoms with van der Waals surface area (Å²) in [6, 6.07) is 58.0. The van der Waals surface area contributed by atoms with Crippen molar-refractivity contribution >= 4 is 49.0 Å². The summed E-state index contributed by atoms with van der Waals surface area (Å²) < 4.78 is 4.69. The molecule has 0 N–H and O–H groups in total. The molecule has 0 aliphatic carbocycles. The average Bonchev–Trinajstić information content (AvgIpc) is 3.73. The van der Waals surface area contributed by atoms with Crippen molar-refractivity contribution in [1.82, 2.24) is 18.9 Å². The maximum atomic E-state index is 5.42. The van der Waals surface area contributed by atoms with Gasteiger partial charge in [-0.15, -0.1) is 0 Å². The van der Waals surface area contributed by atoms with Crippen molar-refractivity contribution in [3.05, 3.63) is 170 Å². The summed E-state index contributed by atoms with van der Waals surface area (Å²) in [6.07, 6.45) is 1.87. The van der Waals surface area contributed by atoms with Gasteiger partial charge >= 0.3 is 0 Å². The topological polar surface area (TPSA) is 35.1 Å². The van der Waals surface area contributed by atoms with E-state index in [0.717, 1.165) is 50.5 Å². The Hall–Kier alpha value is -6.52. The fraction of sp³-hybridized carbons (Fsp3) is 0. The van der Waals surface area contributed by atoms with E-state index in [1.54, 1.807) is 0 Å². The van der Waals surface area contributed by atoms with Crippen molar-refractivity contribution in [3.63, 3.8) is 0 Å². The van der Waals surface area contributed by atoms with Gasteiger partial charge in [0.25, 0.3) is 0 Å². The summed E-state index contributed by atoms with van der Waals surface area (Å²) in [5.74, 6) is 1.83. The Morgan fingerprint density at radius 3 is 1.81 bits per heavy atom. The van der Waals surface area contributed by atoms with Crippen LogP contribution in [0.3, 0.4) is 0 Å². The van der Waals surface area contributed by atoms with Crippen LogP contribution in [0.4, 0.5) is 0 Å². The Morgan fingerprint density at radius 1 is 0.417 bits per heavy atom. The van der Waals surface area contributed by atoms with Crippen LogP contribution in [-0.4, -0.2) is 18.9 Å². The van der Waals surface area contributed by atoms with Gasteiger partial charge in [-0.25, -0.2) is 9.97 Å². The molecule has 0 bridgehead atoms. The molecule has 0 spiro atoms. The molecule has 4 heteroatoms. The Bertz CT molecular complexity index is 2800. The third kappa shape index (κ3) is 3.90. The maximum Gasteiger partial charge on any atom is 0.145 e. The zero-order chi connectivity index (χ0) is 31.6. The van der Waals surface area contributed by atoms with Gasteiger partial charge in [0.2, 0.25) is 0 Å². The molecule has 0 aliphatic heterocycles. The molecular weight excluding hydrogens is 585 g/mol. The highest BCUT2D eigenvalue weighted by atomic mass is 15.1. The van der Waals surface area contributed by atoms with Crippen LogP contribution in [0.25, 0.3) is 88.6 Å². The fourth-order valence-corrected chi connectivity index (χ4v) is 7.49. The number of hydrogen-bond donors (Lipinski definition) is 0. The summed E-state index contributed by atoms with van der Waals surface area (Å²) in [6.45, 7) is 0. The molecule has 10 aromatic rings. The Balaban J connectivity index is 1.43. The quantitative estimate of drug-likeness (QED) is 0.185. The van der Waals surface area contributed by atoms with Crippen molar-refractivity contribution in [1.29, 1.82) is 0 Å². The van der Waals surface area contributed by atoms with Gasteiger partial charge in [-0.1, -0.05) is 133 Å². The number of rotatable bonds is 4. The molecule has 0 radical (unpaired) electrons. The van der Waals surface area contributed by atoms with Crippen molar-refractivity contribution in [2.75, 3.05) is 0 Å². The predicted octanol–water partition coefficient (Wildman–Crippen LogP) is 11.1. The van der Waals surface area contributed by atoms with E-state index in [4.69, 9.17) is 9.97 Å². The van der Waals surface area contributed by atoms with E-state index in [1.165, 1.54) is 38.1 Å². The number of benzene rings is 6. The Kier molecular flexibility index (Phi) is 5.84. The van der Waals surface area contributed by atoms with E-state index in [-0.39, 0.29) is 0 Å². The van der Waals surface area contributed by atoms with Crippen LogP contribution in [0.15, 0.2) is 170 Å². The zero-order valence-electron chi connectivity index (χ0n) is 26.0. The van der Waals surface area contributed by atoms with E-state index >= 15 is 0 Å². The van der Waals surface area contributed by atoms with Crippen molar-refractivity contribution in [2.24, 2.45) is 0 Å². The van der Waals surface area contributed by atoms with Gasteiger partial charge in [0.05, 0.1) is 27.8 Å². The van der Waals surface area contributed by atoms with Crippen LogP contribution in [0.5, 0.6) is 0 Å². The van der Waals surface area contributed by atoms with Gasteiger partial charge in [0.15, 0.2) is 0 Å². The van der Waals surface area contributed by atoms with Crippen LogP contribution < -0.4 is 0 Å². The first kappa shape index (κ1) is 26.7. The predicted molar refractivity (Wildman–Crippen MR) is 199 cm³/mol. The summed E-state index contributed by atoms with van der Waals surface area (Å²) in [5, 5.41) is 5.99. The second-order valence-corrected chi connectivity index (χ2v) is 12.2. The largest absolute Gasteiger partial charge is 0.294 e. The van der Waals surface area contributed by atoms with Gasteiger partial charge in [0.1, 0.15) is 11.6 Å². The number of imidazole rings is 1. The van der Waals surface area contributed by atoms with Gasteiger partial charge in [-0.05, 0) is 41.5 Å². The molecular formula is C44H28N4. The SMILES string of the molecule is c1ccc(-c2ccc3c4c5c6ccccc6n6c(-c7ccccc7)nc(-c7ccccc7)c6c5ccc4n(-c4ccccn4)c3c2)cc1. The third-order valence-electron chi connectivity index (χ3n) is 9.54. The van der Waals surface area contributed by atoms with Crippen LogP contribution in [0.2, 0.25) is 0 Å². The first-order valence-electron chi connectivity index (χ1n) is 16.3. The van der Waals surface area contributed by atoms with E-state index < -0.39 is 0 Å². The zero-order valence-corrected chi connectivity index (χ0v) is 26.0. The molecule has 4 aromatic heterocycles. The molecule has 0 saturated heterocycles. The number of hydrogen-bond acceptors (Lipinski definition) is 2. The molecule has 224 valence electrons. The number of aromatic nitrogens is 4. The molecule has 0 unspecified atom stereocenters. The monoisotopic (exact) mass is 612 g/mol. The van der Waals surface area contributed by atoms with Crippen LogP contribution in [-0.2, 0) is 0 Å². The van der Waals surface area contributed by atoms with Crippen LogP contribution in [0, 0.1) is 0 Å². The standard InChI is InChI=1S/C44H28N4/c1-4-14-29(15-5-1)32-23-24-34-38(28-32)47(39-22-12-13-27-45-39)37-26-25-35-40(41(34)37)33-20-10-11-21-36(33)48-43(35)42(30-16-6-2-7-17-30)46-44(48)31-18-8-3-9-19-31/h1-28H. The van der Waals surface area contributed by atoms with E-state index in [0.29, 0.717) is 0 Å². The van der Waals surface area contributed by atoms with Crippen molar-refractivity contribution in [2.45, 2.75) is 0 Å². The second-order valence-electron chi connectivity index (χ2n) is 12.2. The summed E-state index contributed by atoms with van der Waals surface area (Å²) in [7, 11) is 0. The van der Waals surface area contributed by atoms with Gasteiger partial charge in [0, 0.05) is 44.3 Å². The minimum Gasteiger partial charge on any atom is -0.294 e. The smallest absolute Gasteiger partial charge is 0.145 e. The maximum absolute atomic E-state index is 5.42. The molecule has 6 aromatic carbocycles. The minimum absolute atomic E-state index is 0.896. The fourth-order valence-electron chi connectivity index (χ4n) is 7.49.